The molecule has 2 aromatic rings. The molecule has 0 radical (unpaired) electrons. The van der Waals surface area contributed by atoms with Crippen molar-refractivity contribution in [3.63, 3.8) is 0 Å². The molecule has 1 unspecified atom stereocenters. The second-order valence-corrected chi connectivity index (χ2v) is 6.05. The van der Waals surface area contributed by atoms with E-state index < -0.39 is 24.1 Å². The van der Waals surface area contributed by atoms with Crippen molar-refractivity contribution in [2.75, 3.05) is 11.4 Å². The van der Waals surface area contributed by atoms with Crippen molar-refractivity contribution >= 4 is 23.7 Å². The molecule has 1 aliphatic rings. The lowest BCUT2D eigenvalue weighted by Crippen LogP contribution is -2.37. The van der Waals surface area contributed by atoms with E-state index in [4.69, 9.17) is 9.47 Å². The first kappa shape index (κ1) is 19.3. The number of ether oxygens (including phenoxy) is 2. The van der Waals surface area contributed by atoms with Crippen LogP contribution in [-0.2, 0) is 14.3 Å². The maximum Gasteiger partial charge on any atom is 0.416 e. The topological polar surface area (TPSA) is 97.8 Å². The van der Waals surface area contributed by atoms with Crippen LogP contribution in [0.5, 0.6) is 5.88 Å². The summed E-state index contributed by atoms with van der Waals surface area (Å²) in [6.45, 7) is 3.03. The molecular formula is C19H18FN3O5. The normalized spacial score (nSPS) is 15.9. The highest BCUT2D eigenvalue weighted by molar-refractivity contribution is 5.90. The van der Waals surface area contributed by atoms with E-state index in [1.807, 2.05) is 0 Å². The first-order chi connectivity index (χ1) is 13.4. The Labute approximate surface area is 160 Å². The van der Waals surface area contributed by atoms with E-state index in [2.05, 4.69) is 10.3 Å². The minimum Gasteiger partial charge on any atom is -0.423 e. The summed E-state index contributed by atoms with van der Waals surface area (Å²) in [5.74, 6) is -1.19. The Kier molecular flexibility index (Phi) is 5.53. The fraction of sp³-hybridized carbons (Fsp3) is 0.263. The van der Waals surface area contributed by atoms with Crippen LogP contribution in [0.25, 0.3) is 11.1 Å². The summed E-state index contributed by atoms with van der Waals surface area (Å²) in [7, 11) is 0. The van der Waals surface area contributed by atoms with Gasteiger partial charge in [-0.05, 0) is 24.3 Å². The smallest absolute Gasteiger partial charge is 0.416 e. The zero-order chi connectivity index (χ0) is 20.3. The number of carbonyl (C=O) groups is 3. The second-order valence-electron chi connectivity index (χ2n) is 6.05. The minimum atomic E-state index is -0.777. The van der Waals surface area contributed by atoms with Crippen molar-refractivity contribution in [2.45, 2.75) is 26.5 Å². The summed E-state index contributed by atoms with van der Waals surface area (Å²) in [4.78, 5) is 39.6. The molecule has 2 heterocycles. The fourth-order valence-electron chi connectivity index (χ4n) is 2.68. The zero-order valence-corrected chi connectivity index (χ0v) is 15.3. The van der Waals surface area contributed by atoms with Gasteiger partial charge in [0.05, 0.1) is 12.2 Å². The number of nitrogens with zero attached hydrogens (tertiary/aromatic N) is 2. The lowest BCUT2D eigenvalue weighted by Gasteiger charge is -2.14. The van der Waals surface area contributed by atoms with Crippen LogP contribution in [0.4, 0.5) is 14.9 Å². The van der Waals surface area contributed by atoms with Crippen LogP contribution in [0.15, 0.2) is 36.5 Å². The van der Waals surface area contributed by atoms with Gasteiger partial charge in [0.25, 0.3) is 0 Å². The van der Waals surface area contributed by atoms with Crippen LogP contribution in [0, 0.1) is 5.82 Å². The van der Waals surface area contributed by atoms with Crippen molar-refractivity contribution in [1.82, 2.24) is 10.3 Å². The average molecular weight is 387 g/mol. The molecule has 1 N–H and O–H groups in total. The monoisotopic (exact) mass is 387 g/mol. The molecule has 2 amide bonds. The molecule has 1 fully saturated rings. The lowest BCUT2D eigenvalue weighted by molar-refractivity contribution is -0.132. The molecule has 28 heavy (non-hydrogen) atoms. The molecule has 1 aromatic carbocycles. The maximum atomic E-state index is 14.6. The van der Waals surface area contributed by atoms with Crippen LogP contribution in [0.1, 0.15) is 20.3 Å². The van der Waals surface area contributed by atoms with Crippen LogP contribution in [-0.4, -0.2) is 35.7 Å². The standard InChI is InChI=1S/C19H18FN3O5/c1-3-16(25)22-18-10-23(19(26)28-18)13-5-6-14(15(20)8-13)12-4-7-17(21-9-12)27-11(2)24/h4-9,18H,3,10H2,1-2H3,(H,22,25). The van der Waals surface area contributed by atoms with Crippen molar-refractivity contribution in [3.8, 4) is 17.0 Å². The van der Waals surface area contributed by atoms with Gasteiger partial charge < -0.3 is 14.8 Å². The van der Waals surface area contributed by atoms with Gasteiger partial charge in [-0.15, -0.1) is 0 Å². The number of cyclic esters (lactones) is 1. The first-order valence-corrected chi connectivity index (χ1v) is 8.59. The SMILES string of the molecule is CCC(=O)NC1CN(c2ccc(-c3ccc(OC(C)=O)nc3)c(F)c2)C(=O)O1. The van der Waals surface area contributed by atoms with Gasteiger partial charge in [0, 0.05) is 36.7 Å². The van der Waals surface area contributed by atoms with E-state index in [1.54, 1.807) is 19.1 Å². The third-order valence-electron chi connectivity index (χ3n) is 4.01. The number of hydrogen-bond acceptors (Lipinski definition) is 6. The predicted molar refractivity (Wildman–Crippen MR) is 97.0 cm³/mol. The summed E-state index contributed by atoms with van der Waals surface area (Å²) >= 11 is 0. The number of hydrogen-bond donors (Lipinski definition) is 1. The van der Waals surface area contributed by atoms with Gasteiger partial charge in [0.15, 0.2) is 6.23 Å². The molecule has 8 nitrogen and oxygen atoms in total. The Hall–Kier alpha value is -3.49. The third-order valence-corrected chi connectivity index (χ3v) is 4.01. The molecule has 0 spiro atoms. The number of anilines is 1. The van der Waals surface area contributed by atoms with E-state index in [1.165, 1.54) is 36.2 Å². The summed E-state index contributed by atoms with van der Waals surface area (Å²) in [5.41, 5.74) is 1.06. The Morgan fingerprint density at radius 2 is 2.14 bits per heavy atom. The van der Waals surface area contributed by atoms with Gasteiger partial charge in [0.2, 0.25) is 11.8 Å². The Morgan fingerprint density at radius 1 is 1.36 bits per heavy atom. The van der Waals surface area contributed by atoms with Crippen LogP contribution >= 0.6 is 0 Å². The van der Waals surface area contributed by atoms with Crippen LogP contribution < -0.4 is 15.0 Å². The second kappa shape index (κ2) is 8.03. The molecule has 0 saturated carbocycles. The molecule has 1 saturated heterocycles. The van der Waals surface area contributed by atoms with Gasteiger partial charge in [-0.3, -0.25) is 14.5 Å². The Bertz CT molecular complexity index is 916. The molecule has 3 rings (SSSR count). The molecule has 0 bridgehead atoms. The predicted octanol–water partition coefficient (Wildman–Crippen LogP) is 2.62. The van der Waals surface area contributed by atoms with E-state index in [0.29, 0.717) is 11.3 Å². The van der Waals surface area contributed by atoms with Crippen LogP contribution in [0.3, 0.4) is 0 Å². The maximum absolute atomic E-state index is 14.6. The Balaban J connectivity index is 1.76. The van der Waals surface area contributed by atoms with Gasteiger partial charge in [0.1, 0.15) is 5.82 Å². The van der Waals surface area contributed by atoms with Crippen LogP contribution in [0.2, 0.25) is 0 Å². The minimum absolute atomic E-state index is 0.0853. The summed E-state index contributed by atoms with van der Waals surface area (Å²) < 4.78 is 24.6. The van der Waals surface area contributed by atoms with E-state index >= 15 is 0 Å². The number of halogens is 1. The van der Waals surface area contributed by atoms with Gasteiger partial charge in [-0.1, -0.05) is 6.92 Å². The summed E-state index contributed by atoms with van der Waals surface area (Å²) in [6, 6.07) is 7.33. The zero-order valence-electron chi connectivity index (χ0n) is 15.3. The highest BCUT2D eigenvalue weighted by atomic mass is 19.1. The number of benzene rings is 1. The largest absolute Gasteiger partial charge is 0.423 e. The molecule has 1 aromatic heterocycles. The number of carbonyl (C=O) groups excluding carboxylic acids is 3. The quantitative estimate of drug-likeness (QED) is 0.792. The number of aromatic nitrogens is 1. The number of amides is 2. The first-order valence-electron chi connectivity index (χ1n) is 8.59. The molecule has 9 heteroatoms. The number of rotatable bonds is 5. The van der Waals surface area contributed by atoms with Crippen molar-refractivity contribution in [2.24, 2.45) is 0 Å². The molecule has 0 aliphatic carbocycles. The highest BCUT2D eigenvalue weighted by Gasteiger charge is 2.33. The molecule has 1 atom stereocenters. The molecule has 146 valence electrons. The fourth-order valence-corrected chi connectivity index (χ4v) is 2.68. The van der Waals surface area contributed by atoms with E-state index in [0.717, 1.165) is 0 Å². The van der Waals surface area contributed by atoms with Crippen molar-refractivity contribution < 1.29 is 28.2 Å². The summed E-state index contributed by atoms with van der Waals surface area (Å²) in [5, 5.41) is 2.57. The van der Waals surface area contributed by atoms with E-state index in [-0.39, 0.29) is 30.3 Å². The number of nitrogens with one attached hydrogen (secondary N) is 1. The number of esters is 1. The van der Waals surface area contributed by atoms with Crippen molar-refractivity contribution in [1.29, 1.82) is 0 Å². The molecular weight excluding hydrogens is 369 g/mol. The third kappa shape index (κ3) is 4.25. The van der Waals surface area contributed by atoms with Gasteiger partial charge in [-0.2, -0.15) is 0 Å². The van der Waals surface area contributed by atoms with Crippen molar-refractivity contribution in [3.05, 3.63) is 42.3 Å². The van der Waals surface area contributed by atoms with Gasteiger partial charge >= 0.3 is 12.1 Å². The summed E-state index contributed by atoms with van der Waals surface area (Å²) in [6.07, 6.45) is 0.208. The number of pyridine rings is 1. The van der Waals surface area contributed by atoms with E-state index in [9.17, 15) is 18.8 Å². The lowest BCUT2D eigenvalue weighted by atomic mass is 10.1. The highest BCUT2D eigenvalue weighted by Crippen LogP contribution is 2.29. The Morgan fingerprint density at radius 3 is 2.75 bits per heavy atom. The average Bonchev–Trinajstić information content (AvgIpc) is 3.02. The molecule has 1 aliphatic heterocycles. The van der Waals surface area contributed by atoms with Gasteiger partial charge in [-0.25, -0.2) is 14.2 Å².